The molecule has 1 aromatic heterocycles. The van der Waals surface area contributed by atoms with Gasteiger partial charge in [-0.15, -0.1) is 0 Å². The second-order valence-electron chi connectivity index (χ2n) is 4.95. The molecular formula is C17H9Cl2F3N2. The van der Waals surface area contributed by atoms with E-state index in [1.807, 2.05) is 0 Å². The van der Waals surface area contributed by atoms with E-state index < -0.39 is 11.9 Å². The zero-order valence-corrected chi connectivity index (χ0v) is 13.5. The van der Waals surface area contributed by atoms with Crippen LogP contribution in [0.3, 0.4) is 0 Å². The van der Waals surface area contributed by atoms with Crippen LogP contribution in [0.5, 0.6) is 0 Å². The van der Waals surface area contributed by atoms with Crippen molar-refractivity contribution in [3.8, 4) is 22.6 Å². The number of alkyl halides is 3. The van der Waals surface area contributed by atoms with Gasteiger partial charge >= 0.3 is 6.18 Å². The van der Waals surface area contributed by atoms with Crippen LogP contribution in [0.2, 0.25) is 10.0 Å². The quantitative estimate of drug-likeness (QED) is 0.543. The maximum absolute atomic E-state index is 13.2. The van der Waals surface area contributed by atoms with Crippen molar-refractivity contribution in [2.24, 2.45) is 0 Å². The number of halogens is 5. The molecule has 0 unspecified atom stereocenters. The molecule has 0 N–H and O–H groups in total. The van der Waals surface area contributed by atoms with Crippen LogP contribution in [0, 0.1) is 0 Å². The van der Waals surface area contributed by atoms with Crippen molar-refractivity contribution >= 4 is 23.2 Å². The molecular weight excluding hydrogens is 360 g/mol. The maximum Gasteiger partial charge on any atom is 0.433 e. The van der Waals surface area contributed by atoms with Crippen LogP contribution in [0.25, 0.3) is 22.6 Å². The fourth-order valence-electron chi connectivity index (χ4n) is 2.11. The van der Waals surface area contributed by atoms with Crippen molar-refractivity contribution in [3.05, 3.63) is 70.3 Å². The summed E-state index contributed by atoms with van der Waals surface area (Å²) in [6.07, 6.45) is -4.59. The highest BCUT2D eigenvalue weighted by Gasteiger charge is 2.34. The fourth-order valence-corrected chi connectivity index (χ4v) is 2.41. The van der Waals surface area contributed by atoms with Crippen molar-refractivity contribution < 1.29 is 13.2 Å². The van der Waals surface area contributed by atoms with Gasteiger partial charge in [0, 0.05) is 11.1 Å². The molecule has 0 saturated heterocycles. The Balaban J connectivity index is 2.20. The van der Waals surface area contributed by atoms with Crippen LogP contribution in [0.15, 0.2) is 54.6 Å². The van der Waals surface area contributed by atoms with Crippen LogP contribution in [0.4, 0.5) is 13.2 Å². The smallest absolute Gasteiger partial charge is 0.228 e. The Kier molecular flexibility index (Phi) is 4.47. The summed E-state index contributed by atoms with van der Waals surface area (Å²) in [4.78, 5) is 7.89. The average molecular weight is 369 g/mol. The van der Waals surface area contributed by atoms with Gasteiger partial charge < -0.3 is 0 Å². The number of hydrogen-bond acceptors (Lipinski definition) is 2. The Morgan fingerprint density at radius 1 is 0.750 bits per heavy atom. The van der Waals surface area contributed by atoms with E-state index >= 15 is 0 Å². The van der Waals surface area contributed by atoms with Gasteiger partial charge in [0.15, 0.2) is 5.82 Å². The highest BCUT2D eigenvalue weighted by atomic mass is 35.5. The second kappa shape index (κ2) is 6.42. The first-order valence-electron chi connectivity index (χ1n) is 6.82. The van der Waals surface area contributed by atoms with E-state index in [4.69, 9.17) is 23.2 Å². The summed E-state index contributed by atoms with van der Waals surface area (Å²) in [7, 11) is 0. The van der Waals surface area contributed by atoms with Crippen LogP contribution in [-0.2, 0) is 6.18 Å². The van der Waals surface area contributed by atoms with Gasteiger partial charge in [-0.05, 0) is 18.2 Å². The normalized spacial score (nSPS) is 11.5. The summed E-state index contributed by atoms with van der Waals surface area (Å²) >= 11 is 11.8. The molecule has 0 amide bonds. The minimum Gasteiger partial charge on any atom is -0.228 e. The summed E-state index contributed by atoms with van der Waals surface area (Å²) in [5.74, 6) is -0.00787. The van der Waals surface area contributed by atoms with E-state index in [1.165, 1.54) is 12.1 Å². The predicted octanol–water partition coefficient (Wildman–Crippen LogP) is 6.14. The molecule has 122 valence electrons. The molecule has 1 heterocycles. The third-order valence-corrected chi connectivity index (χ3v) is 4.00. The van der Waals surface area contributed by atoms with Gasteiger partial charge in [-0.3, -0.25) is 0 Å². The number of nitrogens with zero attached hydrogens (tertiary/aromatic N) is 2. The zero-order valence-electron chi connectivity index (χ0n) is 12.0. The molecule has 3 aromatic rings. The van der Waals surface area contributed by atoms with Crippen LogP contribution < -0.4 is 0 Å². The van der Waals surface area contributed by atoms with Gasteiger partial charge in [0.2, 0.25) is 0 Å². The molecule has 3 rings (SSSR count). The van der Waals surface area contributed by atoms with E-state index in [2.05, 4.69) is 9.97 Å². The molecule has 0 aliphatic heterocycles. The Bertz CT molecular complexity index is 881. The SMILES string of the molecule is FC(F)(F)c1cc(-c2ccc(Cl)c(Cl)c2)nc(-c2ccccc2)n1. The molecule has 2 aromatic carbocycles. The van der Waals surface area contributed by atoms with Crippen LogP contribution >= 0.6 is 23.2 Å². The summed E-state index contributed by atoms with van der Waals surface area (Å²) < 4.78 is 39.6. The molecule has 2 nitrogen and oxygen atoms in total. The molecule has 0 aliphatic rings. The molecule has 0 spiro atoms. The van der Waals surface area contributed by atoms with E-state index in [1.54, 1.807) is 36.4 Å². The highest BCUT2D eigenvalue weighted by molar-refractivity contribution is 6.42. The Morgan fingerprint density at radius 3 is 2.08 bits per heavy atom. The first-order chi connectivity index (χ1) is 11.3. The molecule has 0 aliphatic carbocycles. The van der Waals surface area contributed by atoms with Crippen molar-refractivity contribution in [2.45, 2.75) is 6.18 Å². The number of rotatable bonds is 2. The lowest BCUT2D eigenvalue weighted by molar-refractivity contribution is -0.141. The van der Waals surface area contributed by atoms with Crippen LogP contribution in [0.1, 0.15) is 5.69 Å². The molecule has 24 heavy (non-hydrogen) atoms. The van der Waals surface area contributed by atoms with Crippen molar-refractivity contribution in [1.82, 2.24) is 9.97 Å². The van der Waals surface area contributed by atoms with Crippen molar-refractivity contribution in [2.75, 3.05) is 0 Å². The molecule has 0 atom stereocenters. The average Bonchev–Trinajstić information content (AvgIpc) is 2.57. The van der Waals surface area contributed by atoms with Gasteiger partial charge in [-0.1, -0.05) is 59.6 Å². The van der Waals surface area contributed by atoms with Gasteiger partial charge in [0.05, 0.1) is 15.7 Å². The molecule has 7 heteroatoms. The van der Waals surface area contributed by atoms with Crippen LogP contribution in [-0.4, -0.2) is 9.97 Å². The zero-order chi connectivity index (χ0) is 17.3. The highest BCUT2D eigenvalue weighted by Crippen LogP contribution is 2.33. The monoisotopic (exact) mass is 368 g/mol. The third kappa shape index (κ3) is 3.52. The van der Waals surface area contributed by atoms with Gasteiger partial charge in [-0.2, -0.15) is 13.2 Å². The van der Waals surface area contributed by atoms with Gasteiger partial charge in [0.1, 0.15) is 5.69 Å². The van der Waals surface area contributed by atoms with E-state index in [-0.39, 0.29) is 16.5 Å². The lowest BCUT2D eigenvalue weighted by atomic mass is 10.1. The lowest BCUT2D eigenvalue weighted by Gasteiger charge is -2.11. The van der Waals surface area contributed by atoms with E-state index in [0.717, 1.165) is 6.07 Å². The molecule has 0 radical (unpaired) electrons. The summed E-state index contributed by atoms with van der Waals surface area (Å²) in [5, 5.41) is 0.552. The molecule has 0 bridgehead atoms. The summed E-state index contributed by atoms with van der Waals surface area (Å²) in [5.41, 5.74) is 0.0200. The third-order valence-electron chi connectivity index (χ3n) is 3.26. The Morgan fingerprint density at radius 2 is 1.46 bits per heavy atom. The fraction of sp³-hybridized carbons (Fsp3) is 0.0588. The molecule has 0 fully saturated rings. The first-order valence-corrected chi connectivity index (χ1v) is 7.57. The Labute approximate surface area is 145 Å². The van der Waals surface area contributed by atoms with Crippen molar-refractivity contribution in [1.29, 1.82) is 0 Å². The standard InChI is InChI=1S/C17H9Cl2F3N2/c18-12-7-6-11(8-13(12)19)14-9-15(17(20,21)22)24-16(23-14)10-4-2-1-3-5-10/h1-9H. The predicted molar refractivity (Wildman–Crippen MR) is 87.9 cm³/mol. The second-order valence-corrected chi connectivity index (χ2v) is 5.77. The van der Waals surface area contributed by atoms with E-state index in [9.17, 15) is 13.2 Å². The Hall–Kier alpha value is -2.11. The first kappa shape index (κ1) is 16.7. The number of hydrogen-bond donors (Lipinski definition) is 0. The largest absolute Gasteiger partial charge is 0.433 e. The maximum atomic E-state index is 13.2. The summed E-state index contributed by atoms with van der Waals surface area (Å²) in [6.45, 7) is 0. The number of benzene rings is 2. The van der Waals surface area contributed by atoms with Crippen molar-refractivity contribution in [3.63, 3.8) is 0 Å². The molecule has 0 saturated carbocycles. The van der Waals surface area contributed by atoms with Gasteiger partial charge in [0.25, 0.3) is 0 Å². The van der Waals surface area contributed by atoms with E-state index in [0.29, 0.717) is 16.1 Å². The number of aromatic nitrogens is 2. The topological polar surface area (TPSA) is 25.8 Å². The lowest BCUT2D eigenvalue weighted by Crippen LogP contribution is -2.10. The minimum absolute atomic E-state index is 0.00787. The van der Waals surface area contributed by atoms with Gasteiger partial charge in [-0.25, -0.2) is 9.97 Å². The minimum atomic E-state index is -4.59. The summed E-state index contributed by atoms with van der Waals surface area (Å²) in [6, 6.07) is 13.9.